The van der Waals surface area contributed by atoms with Crippen molar-refractivity contribution in [3.63, 3.8) is 0 Å². The molecule has 5 rings (SSSR count). The van der Waals surface area contributed by atoms with Gasteiger partial charge in [-0.3, -0.25) is 4.98 Å². The molecule has 39 heavy (non-hydrogen) atoms. The van der Waals surface area contributed by atoms with E-state index in [0.717, 1.165) is 32.1 Å². The second-order valence-corrected chi connectivity index (χ2v) is 10.4. The summed E-state index contributed by atoms with van der Waals surface area (Å²) < 4.78 is 33.5. The molecule has 0 saturated heterocycles. The number of fused-ring (bicyclic) bond motifs is 1. The van der Waals surface area contributed by atoms with E-state index in [9.17, 15) is 9.18 Å². The number of rotatable bonds is 6. The maximum atomic E-state index is 16.8. The Labute approximate surface area is 228 Å². The van der Waals surface area contributed by atoms with Gasteiger partial charge in [0, 0.05) is 30.1 Å². The van der Waals surface area contributed by atoms with Gasteiger partial charge in [0.05, 0.1) is 21.7 Å². The number of aromatic nitrogens is 4. The smallest absolute Gasteiger partial charge is 0.433 e. The van der Waals surface area contributed by atoms with E-state index in [1.165, 1.54) is 37.4 Å². The monoisotopic (exact) mass is 552 g/mol. The van der Waals surface area contributed by atoms with Crippen molar-refractivity contribution in [3.05, 3.63) is 76.7 Å². The van der Waals surface area contributed by atoms with Crippen LogP contribution in [0.1, 0.15) is 56.1 Å². The van der Waals surface area contributed by atoms with Crippen LogP contribution < -0.4 is 5.73 Å². The van der Waals surface area contributed by atoms with Gasteiger partial charge in [0.1, 0.15) is 11.5 Å². The Morgan fingerprint density at radius 3 is 2.64 bits per heavy atom. The van der Waals surface area contributed by atoms with E-state index < -0.39 is 17.6 Å². The number of alkyl halides is 1. The maximum absolute atomic E-state index is 16.8. The third kappa shape index (κ3) is 5.34. The van der Waals surface area contributed by atoms with Crippen LogP contribution in [0.4, 0.5) is 13.6 Å². The number of amidine groups is 1. The van der Waals surface area contributed by atoms with E-state index in [1.807, 2.05) is 0 Å². The lowest BCUT2D eigenvalue weighted by Crippen LogP contribution is -2.26. The summed E-state index contributed by atoms with van der Waals surface area (Å²) in [5.41, 5.74) is 5.19. The van der Waals surface area contributed by atoms with Crippen molar-refractivity contribution in [2.75, 3.05) is 0 Å². The van der Waals surface area contributed by atoms with E-state index in [1.54, 1.807) is 22.9 Å². The minimum Gasteiger partial charge on any atom is -0.463 e. The Hall–Kier alpha value is -3.92. The molecule has 1 saturated carbocycles. The molecule has 3 heterocycles. The van der Waals surface area contributed by atoms with Crippen LogP contribution in [-0.2, 0) is 12.2 Å². The first-order valence-corrected chi connectivity index (χ1v) is 13.1. The molecule has 202 valence electrons. The molecule has 1 atom stereocenters. The van der Waals surface area contributed by atoms with Gasteiger partial charge < -0.3 is 15.4 Å². The second kappa shape index (κ2) is 10.7. The van der Waals surface area contributed by atoms with Crippen molar-refractivity contribution in [1.29, 1.82) is 0 Å². The highest BCUT2D eigenvalue weighted by atomic mass is 35.5. The molecule has 1 fully saturated rings. The zero-order chi connectivity index (χ0) is 27.7. The van der Waals surface area contributed by atoms with Gasteiger partial charge in [-0.15, -0.1) is 0 Å². The van der Waals surface area contributed by atoms with Gasteiger partial charge in [-0.25, -0.2) is 23.5 Å². The first-order chi connectivity index (χ1) is 18.6. The summed E-state index contributed by atoms with van der Waals surface area (Å²) in [4.78, 5) is 28.1. The minimum atomic E-state index is -2.30. The van der Waals surface area contributed by atoms with Gasteiger partial charge in [-0.2, -0.15) is 4.99 Å². The SMILES string of the molecule is C[C@](F)(c1ccccc1F)c1nc2cc(/C(N)=N/C(=O)O)nc(-c3cncc(Cl)c3)c2n1CC1CCCCC1. The number of amides is 1. The van der Waals surface area contributed by atoms with Crippen LogP contribution in [0, 0.1) is 11.7 Å². The summed E-state index contributed by atoms with van der Waals surface area (Å²) in [6, 6.07) is 8.82. The lowest BCUT2D eigenvalue weighted by Gasteiger charge is -2.27. The molecular weight excluding hydrogens is 526 g/mol. The number of halogens is 3. The van der Waals surface area contributed by atoms with Crippen molar-refractivity contribution in [1.82, 2.24) is 19.5 Å². The molecule has 4 aromatic rings. The molecule has 8 nitrogen and oxygen atoms in total. The molecular formula is C28H27ClF2N6O2. The predicted octanol–water partition coefficient (Wildman–Crippen LogP) is 6.48. The first-order valence-electron chi connectivity index (χ1n) is 12.7. The number of hydrogen-bond donors (Lipinski definition) is 2. The molecule has 1 amide bonds. The Morgan fingerprint density at radius 2 is 1.95 bits per heavy atom. The third-order valence-electron chi connectivity index (χ3n) is 7.15. The van der Waals surface area contributed by atoms with Crippen molar-refractivity contribution in [2.45, 2.75) is 51.2 Å². The molecule has 1 aromatic carbocycles. The number of pyridine rings is 2. The van der Waals surface area contributed by atoms with Crippen LogP contribution in [0.2, 0.25) is 5.02 Å². The van der Waals surface area contributed by atoms with Crippen LogP contribution in [-0.4, -0.2) is 36.6 Å². The summed E-state index contributed by atoms with van der Waals surface area (Å²) in [6.45, 7) is 1.74. The van der Waals surface area contributed by atoms with Gasteiger partial charge in [-0.05, 0) is 43.9 Å². The average molecular weight is 553 g/mol. The molecule has 0 radical (unpaired) electrons. The lowest BCUT2D eigenvalue weighted by atomic mass is 9.89. The minimum absolute atomic E-state index is 0.0112. The molecule has 3 aromatic heterocycles. The van der Waals surface area contributed by atoms with Crippen LogP contribution >= 0.6 is 11.6 Å². The summed E-state index contributed by atoms with van der Waals surface area (Å²) in [7, 11) is 0. The van der Waals surface area contributed by atoms with Crippen LogP contribution in [0.25, 0.3) is 22.3 Å². The Kier molecular flexibility index (Phi) is 7.31. The van der Waals surface area contributed by atoms with E-state index in [2.05, 4.69) is 19.9 Å². The Bertz CT molecular complexity index is 1580. The summed E-state index contributed by atoms with van der Waals surface area (Å²) in [5, 5.41) is 9.49. The third-order valence-corrected chi connectivity index (χ3v) is 7.35. The maximum Gasteiger partial charge on any atom is 0.433 e. The standard InChI is InChI=1S/C28H27ClF2N6O2/c1-28(31,19-9-5-6-10-20(19)30)26-35-21-12-22(25(32)36-27(38)39)34-23(17-11-18(29)14-33-13-17)24(21)37(26)15-16-7-3-2-4-8-16/h5-6,9-14,16H,2-4,7-8,15H2,1H3,(H2,32,36)(H,38,39)/t28-/m0/s1. The van der Waals surface area contributed by atoms with Gasteiger partial charge >= 0.3 is 6.09 Å². The fourth-order valence-corrected chi connectivity index (χ4v) is 5.49. The number of nitrogens with two attached hydrogens (primary N) is 1. The lowest BCUT2D eigenvalue weighted by molar-refractivity contribution is 0.205. The Morgan fingerprint density at radius 1 is 1.21 bits per heavy atom. The van der Waals surface area contributed by atoms with E-state index in [4.69, 9.17) is 22.4 Å². The molecule has 1 aliphatic carbocycles. The van der Waals surface area contributed by atoms with Crippen molar-refractivity contribution in [3.8, 4) is 11.3 Å². The number of imidazole rings is 1. The average Bonchev–Trinajstić information content (AvgIpc) is 3.27. The predicted molar refractivity (Wildman–Crippen MR) is 145 cm³/mol. The van der Waals surface area contributed by atoms with Crippen LogP contribution in [0.5, 0.6) is 0 Å². The highest BCUT2D eigenvalue weighted by Crippen LogP contribution is 2.40. The van der Waals surface area contributed by atoms with E-state index >= 15 is 4.39 Å². The van der Waals surface area contributed by atoms with E-state index in [-0.39, 0.29) is 28.8 Å². The number of nitrogens with zero attached hydrogens (tertiary/aromatic N) is 5. The van der Waals surface area contributed by atoms with Crippen molar-refractivity contribution in [2.24, 2.45) is 16.6 Å². The number of carbonyl (C=O) groups is 1. The van der Waals surface area contributed by atoms with Crippen LogP contribution in [0.15, 0.2) is 53.8 Å². The second-order valence-electron chi connectivity index (χ2n) is 9.93. The Balaban J connectivity index is 1.83. The quantitative estimate of drug-likeness (QED) is 0.209. The van der Waals surface area contributed by atoms with Gasteiger partial charge in [0.15, 0.2) is 17.3 Å². The molecule has 0 unspecified atom stereocenters. The molecule has 3 N–H and O–H groups in total. The van der Waals surface area contributed by atoms with Crippen LogP contribution in [0.3, 0.4) is 0 Å². The molecule has 0 bridgehead atoms. The largest absolute Gasteiger partial charge is 0.463 e. The summed E-state index contributed by atoms with van der Waals surface area (Å²) in [6.07, 6.45) is 6.76. The topological polar surface area (TPSA) is 119 Å². The summed E-state index contributed by atoms with van der Waals surface area (Å²) >= 11 is 6.25. The van der Waals surface area contributed by atoms with E-state index in [0.29, 0.717) is 33.9 Å². The van der Waals surface area contributed by atoms with Gasteiger partial charge in [-0.1, -0.05) is 49.1 Å². The number of benzene rings is 1. The molecule has 11 heteroatoms. The zero-order valence-electron chi connectivity index (χ0n) is 21.2. The first kappa shape index (κ1) is 26.7. The highest BCUT2D eigenvalue weighted by molar-refractivity contribution is 6.30. The highest BCUT2D eigenvalue weighted by Gasteiger charge is 2.38. The van der Waals surface area contributed by atoms with Crippen molar-refractivity contribution < 1.29 is 18.7 Å². The van der Waals surface area contributed by atoms with Gasteiger partial charge in [0.25, 0.3) is 0 Å². The normalized spacial score (nSPS) is 16.4. The number of hydrogen-bond acceptors (Lipinski definition) is 4. The number of aliphatic imine (C=N–C) groups is 1. The molecule has 1 aliphatic rings. The fourth-order valence-electron chi connectivity index (χ4n) is 5.32. The summed E-state index contributed by atoms with van der Waals surface area (Å²) in [5.74, 6) is -0.761. The zero-order valence-corrected chi connectivity index (χ0v) is 22.0. The number of carboxylic acid groups (broad SMARTS) is 1. The van der Waals surface area contributed by atoms with Gasteiger partial charge in [0.2, 0.25) is 0 Å². The molecule has 0 aliphatic heterocycles. The fraction of sp³-hybridized carbons (Fsp3) is 0.321. The van der Waals surface area contributed by atoms with Crippen molar-refractivity contribution >= 4 is 34.6 Å². The molecule has 0 spiro atoms.